The molecule has 0 unspecified atom stereocenters. The molecule has 64 valence electrons. The van der Waals surface area contributed by atoms with E-state index in [1.54, 1.807) is 0 Å². The molecule has 0 N–H and O–H groups in total. The van der Waals surface area contributed by atoms with Gasteiger partial charge in [-0.05, 0) is 37.4 Å². The first-order chi connectivity index (χ1) is 5.45. The summed E-state index contributed by atoms with van der Waals surface area (Å²) in [6.07, 6.45) is 10.6. The van der Waals surface area contributed by atoms with Gasteiger partial charge in [-0.2, -0.15) is 11.8 Å². The van der Waals surface area contributed by atoms with Gasteiger partial charge in [-0.25, -0.2) is 0 Å². The van der Waals surface area contributed by atoms with Crippen LogP contribution in [0.4, 0.5) is 0 Å². The summed E-state index contributed by atoms with van der Waals surface area (Å²) in [6.45, 7) is 0. The molecule has 0 spiro atoms. The predicted molar refractivity (Wildman–Crippen MR) is 52.1 cm³/mol. The third-order valence-electron chi connectivity index (χ3n) is 2.82. The lowest BCUT2D eigenvalue weighted by Gasteiger charge is -2.20. The van der Waals surface area contributed by atoms with Gasteiger partial charge < -0.3 is 0 Å². The molecule has 0 atom stereocenters. The molecule has 0 nitrogen and oxygen atoms in total. The van der Waals surface area contributed by atoms with Crippen LogP contribution < -0.4 is 0 Å². The molecule has 0 radical (unpaired) electrons. The Morgan fingerprint density at radius 2 is 1.64 bits per heavy atom. The summed E-state index contributed by atoms with van der Waals surface area (Å²) >= 11 is 2.25. The minimum atomic E-state index is 1.08. The summed E-state index contributed by atoms with van der Waals surface area (Å²) in [7, 11) is 0. The molecule has 2 rings (SSSR count). The van der Waals surface area contributed by atoms with E-state index in [0.717, 1.165) is 11.2 Å². The molecule has 0 saturated heterocycles. The van der Waals surface area contributed by atoms with Crippen molar-refractivity contribution in [2.24, 2.45) is 5.92 Å². The Hall–Kier alpha value is 0.350. The summed E-state index contributed by atoms with van der Waals surface area (Å²) < 4.78 is 0. The second kappa shape index (κ2) is 3.84. The standard InChI is InChI=1S/C10H18S/c1-2-4-9(5-3-1)8-11-10-6-7-10/h9-10H,1-8H2. The van der Waals surface area contributed by atoms with Gasteiger partial charge in [0.2, 0.25) is 0 Å². The van der Waals surface area contributed by atoms with E-state index in [9.17, 15) is 0 Å². The summed E-state index contributed by atoms with van der Waals surface area (Å²) in [5, 5.41) is 1.08. The molecule has 2 aliphatic carbocycles. The van der Waals surface area contributed by atoms with E-state index in [-0.39, 0.29) is 0 Å². The van der Waals surface area contributed by atoms with Crippen LogP contribution in [0.25, 0.3) is 0 Å². The lowest BCUT2D eigenvalue weighted by atomic mass is 9.91. The number of hydrogen-bond acceptors (Lipinski definition) is 1. The molecule has 0 aromatic heterocycles. The van der Waals surface area contributed by atoms with Crippen molar-refractivity contribution < 1.29 is 0 Å². The average molecular weight is 170 g/mol. The minimum Gasteiger partial charge on any atom is -0.158 e. The zero-order valence-corrected chi connectivity index (χ0v) is 8.04. The Balaban J connectivity index is 1.59. The SMILES string of the molecule is C1CCC(CSC2CC2)CC1. The molecule has 2 aliphatic rings. The number of thioether (sulfide) groups is 1. The first-order valence-electron chi connectivity index (χ1n) is 5.07. The molecule has 2 fully saturated rings. The van der Waals surface area contributed by atoms with Crippen molar-refractivity contribution in [1.82, 2.24) is 0 Å². The smallest absolute Gasteiger partial charge is 0.00479 e. The van der Waals surface area contributed by atoms with Gasteiger partial charge in [-0.1, -0.05) is 19.3 Å². The van der Waals surface area contributed by atoms with E-state index in [1.807, 2.05) is 0 Å². The first-order valence-corrected chi connectivity index (χ1v) is 6.11. The summed E-state index contributed by atoms with van der Waals surface area (Å²) in [5.41, 5.74) is 0. The number of rotatable bonds is 3. The lowest BCUT2D eigenvalue weighted by Crippen LogP contribution is -2.08. The third kappa shape index (κ3) is 2.70. The van der Waals surface area contributed by atoms with Crippen LogP contribution in [-0.2, 0) is 0 Å². The van der Waals surface area contributed by atoms with Crippen molar-refractivity contribution in [2.75, 3.05) is 5.75 Å². The van der Waals surface area contributed by atoms with Crippen LogP contribution in [0.2, 0.25) is 0 Å². The van der Waals surface area contributed by atoms with Crippen molar-refractivity contribution in [3.8, 4) is 0 Å². The van der Waals surface area contributed by atoms with Crippen LogP contribution in [0, 0.1) is 5.92 Å². The van der Waals surface area contributed by atoms with E-state index < -0.39 is 0 Å². The highest BCUT2D eigenvalue weighted by molar-refractivity contribution is 8.00. The molecule has 0 amide bonds. The van der Waals surface area contributed by atoms with Gasteiger partial charge in [0, 0.05) is 5.25 Å². The van der Waals surface area contributed by atoms with Gasteiger partial charge in [0.05, 0.1) is 0 Å². The predicted octanol–water partition coefficient (Wildman–Crippen LogP) is 3.46. The lowest BCUT2D eigenvalue weighted by molar-refractivity contribution is 0.391. The summed E-state index contributed by atoms with van der Waals surface area (Å²) in [6, 6.07) is 0. The van der Waals surface area contributed by atoms with Gasteiger partial charge in [0.25, 0.3) is 0 Å². The van der Waals surface area contributed by atoms with E-state index in [4.69, 9.17) is 0 Å². The Morgan fingerprint density at radius 3 is 2.27 bits per heavy atom. The molecule has 0 aliphatic heterocycles. The monoisotopic (exact) mass is 170 g/mol. The fourth-order valence-corrected chi connectivity index (χ4v) is 3.21. The second-order valence-electron chi connectivity index (χ2n) is 4.04. The van der Waals surface area contributed by atoms with Gasteiger partial charge >= 0.3 is 0 Å². The van der Waals surface area contributed by atoms with Gasteiger partial charge in [0.1, 0.15) is 0 Å². The largest absolute Gasteiger partial charge is 0.158 e. The highest BCUT2D eigenvalue weighted by atomic mass is 32.2. The van der Waals surface area contributed by atoms with Gasteiger partial charge in [-0.15, -0.1) is 0 Å². The van der Waals surface area contributed by atoms with Crippen molar-refractivity contribution in [2.45, 2.75) is 50.2 Å². The third-order valence-corrected chi connectivity index (χ3v) is 4.42. The zero-order chi connectivity index (χ0) is 7.52. The normalized spacial score (nSPS) is 27.3. The van der Waals surface area contributed by atoms with Crippen LogP contribution in [0.15, 0.2) is 0 Å². The quantitative estimate of drug-likeness (QED) is 0.625. The maximum absolute atomic E-state index is 2.25. The fraction of sp³-hybridized carbons (Fsp3) is 1.00. The van der Waals surface area contributed by atoms with Crippen LogP contribution in [0.3, 0.4) is 0 Å². The van der Waals surface area contributed by atoms with Crippen LogP contribution >= 0.6 is 11.8 Å². The molecule has 0 heterocycles. The Morgan fingerprint density at radius 1 is 0.909 bits per heavy atom. The summed E-state index contributed by atoms with van der Waals surface area (Å²) in [4.78, 5) is 0. The van der Waals surface area contributed by atoms with Gasteiger partial charge in [0.15, 0.2) is 0 Å². The molecular weight excluding hydrogens is 152 g/mol. The molecular formula is C10H18S. The van der Waals surface area contributed by atoms with E-state index >= 15 is 0 Å². The first kappa shape index (κ1) is 7.97. The second-order valence-corrected chi connectivity index (χ2v) is 5.37. The average Bonchev–Trinajstić information content (AvgIpc) is 2.86. The Labute approximate surface area is 74.1 Å². The molecule has 0 bridgehead atoms. The van der Waals surface area contributed by atoms with Crippen LogP contribution in [0.5, 0.6) is 0 Å². The minimum absolute atomic E-state index is 1.08. The van der Waals surface area contributed by atoms with E-state index in [1.165, 1.54) is 50.7 Å². The molecule has 11 heavy (non-hydrogen) atoms. The Kier molecular flexibility index (Phi) is 2.78. The topological polar surface area (TPSA) is 0 Å². The van der Waals surface area contributed by atoms with Gasteiger partial charge in [-0.3, -0.25) is 0 Å². The van der Waals surface area contributed by atoms with Crippen molar-refractivity contribution >= 4 is 11.8 Å². The van der Waals surface area contributed by atoms with Crippen molar-refractivity contribution in [3.05, 3.63) is 0 Å². The number of hydrogen-bond donors (Lipinski definition) is 0. The highest BCUT2D eigenvalue weighted by Crippen LogP contribution is 2.37. The molecule has 0 aromatic carbocycles. The van der Waals surface area contributed by atoms with Crippen LogP contribution in [-0.4, -0.2) is 11.0 Å². The fourth-order valence-electron chi connectivity index (χ4n) is 1.86. The maximum atomic E-state index is 2.25. The van der Waals surface area contributed by atoms with E-state index in [2.05, 4.69) is 11.8 Å². The Bertz CT molecular complexity index is 112. The molecule has 1 heteroatoms. The maximum Gasteiger partial charge on any atom is 0.00479 e. The summed E-state index contributed by atoms with van der Waals surface area (Å²) in [5.74, 6) is 2.57. The van der Waals surface area contributed by atoms with E-state index in [0.29, 0.717) is 0 Å². The molecule has 0 aromatic rings. The zero-order valence-electron chi connectivity index (χ0n) is 7.22. The van der Waals surface area contributed by atoms with Crippen LogP contribution in [0.1, 0.15) is 44.9 Å². The van der Waals surface area contributed by atoms with Crippen molar-refractivity contribution in [1.29, 1.82) is 0 Å². The highest BCUT2D eigenvalue weighted by Gasteiger charge is 2.23. The molecule has 2 saturated carbocycles. The van der Waals surface area contributed by atoms with Crippen molar-refractivity contribution in [3.63, 3.8) is 0 Å².